The first kappa shape index (κ1) is 18.9. The van der Waals surface area contributed by atoms with Gasteiger partial charge in [0.25, 0.3) is 0 Å². The highest BCUT2D eigenvalue weighted by atomic mass is 15.3. The summed E-state index contributed by atoms with van der Waals surface area (Å²) in [5.41, 5.74) is 3.48. The Bertz CT molecular complexity index is 257. The molecule has 0 saturated carbocycles. The largest absolute Gasteiger partial charge is 0.296 e. The van der Waals surface area contributed by atoms with E-state index in [1.54, 1.807) is 0 Å². The van der Waals surface area contributed by atoms with E-state index < -0.39 is 0 Å². The Balaban J connectivity index is 2.80. The molecular formula is C18H39N3. The maximum Gasteiger partial charge on any atom is 0.0397 e. The van der Waals surface area contributed by atoms with Gasteiger partial charge in [-0.25, -0.2) is 0 Å². The van der Waals surface area contributed by atoms with Crippen molar-refractivity contribution in [3.63, 3.8) is 0 Å². The lowest BCUT2D eigenvalue weighted by atomic mass is 9.77. The second-order valence-corrected chi connectivity index (χ2v) is 6.88. The van der Waals surface area contributed by atoms with E-state index >= 15 is 0 Å². The van der Waals surface area contributed by atoms with E-state index in [1.807, 2.05) is 0 Å². The zero-order chi connectivity index (χ0) is 15.7. The number of rotatable bonds is 11. The molecule has 21 heavy (non-hydrogen) atoms. The highest BCUT2D eigenvalue weighted by Crippen LogP contribution is 2.35. The number of hydrazine groups is 1. The van der Waals surface area contributed by atoms with Gasteiger partial charge in [-0.3, -0.25) is 16.2 Å². The molecule has 0 aromatic heterocycles. The lowest BCUT2D eigenvalue weighted by molar-refractivity contribution is 0.0506. The van der Waals surface area contributed by atoms with Crippen molar-refractivity contribution in [3.8, 4) is 0 Å². The van der Waals surface area contributed by atoms with E-state index in [1.165, 1.54) is 70.9 Å². The fourth-order valence-electron chi connectivity index (χ4n) is 4.33. The Kier molecular flexibility index (Phi) is 8.84. The Labute approximate surface area is 133 Å². The molecule has 2 atom stereocenters. The van der Waals surface area contributed by atoms with Gasteiger partial charge in [-0.1, -0.05) is 53.4 Å². The van der Waals surface area contributed by atoms with Crippen molar-refractivity contribution in [2.45, 2.75) is 97.1 Å². The molecule has 0 aromatic rings. The summed E-state index contributed by atoms with van der Waals surface area (Å²) in [7, 11) is 0. The van der Waals surface area contributed by atoms with E-state index in [-0.39, 0.29) is 5.54 Å². The van der Waals surface area contributed by atoms with Crippen LogP contribution in [0.15, 0.2) is 0 Å². The molecule has 0 aliphatic carbocycles. The third kappa shape index (κ3) is 4.67. The van der Waals surface area contributed by atoms with Crippen LogP contribution in [0.1, 0.15) is 85.5 Å². The molecular weight excluding hydrogens is 258 g/mol. The quantitative estimate of drug-likeness (QED) is 0.446. The van der Waals surface area contributed by atoms with Crippen LogP contribution in [0.3, 0.4) is 0 Å². The maximum atomic E-state index is 6.03. The smallest absolute Gasteiger partial charge is 0.0397 e. The fraction of sp³-hybridized carbons (Fsp3) is 1.00. The number of nitrogens with zero attached hydrogens (tertiary/aromatic N) is 1. The molecule has 0 aromatic carbocycles. The topological polar surface area (TPSA) is 41.3 Å². The van der Waals surface area contributed by atoms with E-state index in [9.17, 15) is 0 Å². The molecule has 1 aliphatic rings. The lowest BCUT2D eigenvalue weighted by Crippen LogP contribution is -2.62. The highest BCUT2D eigenvalue weighted by molar-refractivity contribution is 5.00. The summed E-state index contributed by atoms with van der Waals surface area (Å²) in [6.07, 6.45) is 11.6. The van der Waals surface area contributed by atoms with Crippen LogP contribution in [0.25, 0.3) is 0 Å². The van der Waals surface area contributed by atoms with Gasteiger partial charge < -0.3 is 0 Å². The first-order chi connectivity index (χ1) is 10.2. The van der Waals surface area contributed by atoms with Gasteiger partial charge in [0.15, 0.2) is 0 Å². The second kappa shape index (κ2) is 9.81. The Morgan fingerprint density at radius 3 is 2.14 bits per heavy atom. The summed E-state index contributed by atoms with van der Waals surface area (Å²) < 4.78 is 0. The first-order valence-electron chi connectivity index (χ1n) is 9.39. The predicted molar refractivity (Wildman–Crippen MR) is 93.2 cm³/mol. The molecule has 0 radical (unpaired) electrons. The normalized spacial score (nSPS) is 19.9. The van der Waals surface area contributed by atoms with Crippen molar-refractivity contribution >= 4 is 0 Å². The molecule has 0 spiro atoms. The summed E-state index contributed by atoms with van der Waals surface area (Å²) in [5, 5.41) is 0. The van der Waals surface area contributed by atoms with Crippen molar-refractivity contribution in [3.05, 3.63) is 0 Å². The van der Waals surface area contributed by atoms with Gasteiger partial charge in [0.2, 0.25) is 0 Å². The first-order valence-corrected chi connectivity index (χ1v) is 9.39. The standard InChI is InChI=1S/C18H39N3/c1-5-9-12-16(6-2)15-17(20-19)18(7-3,8-4)21-13-10-11-14-21/h16-17,20H,5-15,19H2,1-4H3. The summed E-state index contributed by atoms with van der Waals surface area (Å²) in [6, 6.07) is 0.424. The van der Waals surface area contributed by atoms with Crippen molar-refractivity contribution in [1.29, 1.82) is 0 Å². The summed E-state index contributed by atoms with van der Waals surface area (Å²) in [5.74, 6) is 6.84. The second-order valence-electron chi connectivity index (χ2n) is 6.88. The van der Waals surface area contributed by atoms with E-state index in [2.05, 4.69) is 38.0 Å². The van der Waals surface area contributed by atoms with Gasteiger partial charge in [-0.2, -0.15) is 0 Å². The molecule has 1 aliphatic heterocycles. The third-order valence-corrected chi connectivity index (χ3v) is 5.92. The van der Waals surface area contributed by atoms with Crippen molar-refractivity contribution in [2.24, 2.45) is 11.8 Å². The van der Waals surface area contributed by atoms with Gasteiger partial charge in [0, 0.05) is 11.6 Å². The zero-order valence-corrected chi connectivity index (χ0v) is 15.0. The summed E-state index contributed by atoms with van der Waals surface area (Å²) in [6.45, 7) is 11.8. The van der Waals surface area contributed by atoms with E-state index in [4.69, 9.17) is 5.84 Å². The van der Waals surface area contributed by atoms with Crippen LogP contribution in [0.4, 0.5) is 0 Å². The maximum absolute atomic E-state index is 6.03. The van der Waals surface area contributed by atoms with Crippen LogP contribution in [0.2, 0.25) is 0 Å². The van der Waals surface area contributed by atoms with Crippen LogP contribution in [0.5, 0.6) is 0 Å². The van der Waals surface area contributed by atoms with Crippen molar-refractivity contribution in [1.82, 2.24) is 10.3 Å². The molecule has 3 heteroatoms. The summed E-state index contributed by atoms with van der Waals surface area (Å²) in [4.78, 5) is 2.73. The molecule has 3 nitrogen and oxygen atoms in total. The van der Waals surface area contributed by atoms with Crippen molar-refractivity contribution < 1.29 is 0 Å². The van der Waals surface area contributed by atoms with E-state index in [0.717, 1.165) is 5.92 Å². The predicted octanol–water partition coefficient (Wildman–Crippen LogP) is 4.08. The Morgan fingerprint density at radius 1 is 1.10 bits per heavy atom. The Hall–Kier alpha value is -0.120. The minimum Gasteiger partial charge on any atom is -0.296 e. The molecule has 3 N–H and O–H groups in total. The minimum absolute atomic E-state index is 0.255. The molecule has 1 saturated heterocycles. The minimum atomic E-state index is 0.255. The number of unbranched alkanes of at least 4 members (excludes halogenated alkanes) is 1. The van der Waals surface area contributed by atoms with Crippen LogP contribution in [-0.4, -0.2) is 29.6 Å². The van der Waals surface area contributed by atoms with Crippen LogP contribution in [0, 0.1) is 5.92 Å². The van der Waals surface area contributed by atoms with Gasteiger partial charge in [0.05, 0.1) is 0 Å². The highest BCUT2D eigenvalue weighted by Gasteiger charge is 2.42. The van der Waals surface area contributed by atoms with E-state index in [0.29, 0.717) is 6.04 Å². The fourth-order valence-corrected chi connectivity index (χ4v) is 4.33. The van der Waals surface area contributed by atoms with Crippen molar-refractivity contribution in [2.75, 3.05) is 13.1 Å². The molecule has 0 bridgehead atoms. The average Bonchev–Trinajstić information content (AvgIpc) is 3.05. The lowest BCUT2D eigenvalue weighted by Gasteiger charge is -2.47. The molecule has 2 unspecified atom stereocenters. The molecule has 126 valence electrons. The summed E-state index contributed by atoms with van der Waals surface area (Å²) >= 11 is 0. The van der Waals surface area contributed by atoms with Crippen LogP contribution in [-0.2, 0) is 0 Å². The monoisotopic (exact) mass is 297 g/mol. The van der Waals surface area contributed by atoms with Gasteiger partial charge in [-0.05, 0) is 51.1 Å². The molecule has 1 heterocycles. The van der Waals surface area contributed by atoms with Crippen LogP contribution >= 0.6 is 0 Å². The Morgan fingerprint density at radius 2 is 1.71 bits per heavy atom. The molecule has 1 rings (SSSR count). The van der Waals surface area contributed by atoms with Gasteiger partial charge in [-0.15, -0.1) is 0 Å². The SMILES string of the molecule is CCCCC(CC)CC(NN)C(CC)(CC)N1CCCC1. The zero-order valence-electron chi connectivity index (χ0n) is 15.0. The number of nitrogens with one attached hydrogen (secondary N) is 1. The molecule has 1 fully saturated rings. The number of hydrogen-bond acceptors (Lipinski definition) is 3. The van der Waals surface area contributed by atoms with Gasteiger partial charge in [0.1, 0.15) is 0 Å². The number of likely N-dealkylation sites (tertiary alicyclic amines) is 1. The van der Waals surface area contributed by atoms with Crippen LogP contribution < -0.4 is 11.3 Å². The molecule has 0 amide bonds. The average molecular weight is 298 g/mol. The number of hydrogen-bond donors (Lipinski definition) is 2. The third-order valence-electron chi connectivity index (χ3n) is 5.92. The van der Waals surface area contributed by atoms with Gasteiger partial charge >= 0.3 is 0 Å². The number of nitrogens with two attached hydrogens (primary N) is 1.